The number of hydrogen-bond acceptors (Lipinski definition) is 7. The average Bonchev–Trinajstić information content (AvgIpc) is 3.51. The molecule has 1 fully saturated rings. The highest BCUT2D eigenvalue weighted by molar-refractivity contribution is 5.92. The molecule has 0 bridgehead atoms. The lowest BCUT2D eigenvalue weighted by atomic mass is 10.2. The molecule has 1 aliphatic heterocycles. The fourth-order valence-electron chi connectivity index (χ4n) is 4.02. The van der Waals surface area contributed by atoms with Crippen LogP contribution in [0.3, 0.4) is 0 Å². The highest BCUT2D eigenvalue weighted by Crippen LogP contribution is 2.29. The van der Waals surface area contributed by atoms with Crippen LogP contribution in [0.4, 0.5) is 5.82 Å². The first-order valence-electron chi connectivity index (χ1n) is 11.8. The average molecular weight is 465 g/mol. The first-order chi connectivity index (χ1) is 16.6. The summed E-state index contributed by atoms with van der Waals surface area (Å²) < 4.78 is 11.7. The molecule has 9 nitrogen and oxygen atoms in total. The van der Waals surface area contributed by atoms with Gasteiger partial charge in [-0.1, -0.05) is 18.2 Å². The van der Waals surface area contributed by atoms with Gasteiger partial charge in [0.1, 0.15) is 24.2 Å². The second kappa shape index (κ2) is 11.6. The molecule has 1 aliphatic rings. The second-order valence-electron chi connectivity index (χ2n) is 8.53. The Bertz CT molecular complexity index is 1110. The standard InChI is InChI=1S/C25H32N6O3/c1-18(2)33-14-6-12-26-22(32)11-10-19-7-3-4-9-21(19)34-15-20-8-5-13-31(20)25-23-24(28-16-27-23)29-17-30-25/h3-4,7,9-11,16-18,20H,5-6,8,12-15H2,1-2H3,(H,26,32)(H,27,28,29,30)/b11-10+/t20-/m1/s1. The number of H-pyrrole nitrogens is 1. The Morgan fingerprint density at radius 2 is 2.18 bits per heavy atom. The van der Waals surface area contributed by atoms with E-state index < -0.39 is 0 Å². The van der Waals surface area contributed by atoms with Gasteiger partial charge in [0.25, 0.3) is 0 Å². The number of nitrogens with one attached hydrogen (secondary N) is 2. The van der Waals surface area contributed by atoms with Crippen molar-refractivity contribution in [3.05, 3.63) is 48.6 Å². The molecule has 2 aromatic heterocycles. The molecular weight excluding hydrogens is 432 g/mol. The van der Waals surface area contributed by atoms with Crippen molar-refractivity contribution >= 4 is 29.0 Å². The summed E-state index contributed by atoms with van der Waals surface area (Å²) in [4.78, 5) is 30.5. The number of ether oxygens (including phenoxy) is 2. The molecule has 1 aromatic carbocycles. The molecule has 0 radical (unpaired) electrons. The van der Waals surface area contributed by atoms with Crippen molar-refractivity contribution in [2.24, 2.45) is 0 Å². The van der Waals surface area contributed by atoms with Crippen molar-refractivity contribution in [2.75, 3.05) is 31.2 Å². The molecule has 1 amide bonds. The molecular formula is C25H32N6O3. The number of aromatic nitrogens is 4. The third-order valence-electron chi connectivity index (χ3n) is 5.69. The van der Waals surface area contributed by atoms with Crippen molar-refractivity contribution in [3.63, 3.8) is 0 Å². The van der Waals surface area contributed by atoms with Gasteiger partial charge in [0.15, 0.2) is 11.5 Å². The van der Waals surface area contributed by atoms with Gasteiger partial charge in [-0.15, -0.1) is 0 Å². The Hall–Kier alpha value is -3.46. The number of aromatic amines is 1. The Morgan fingerprint density at radius 3 is 3.06 bits per heavy atom. The summed E-state index contributed by atoms with van der Waals surface area (Å²) >= 11 is 0. The third kappa shape index (κ3) is 6.11. The lowest BCUT2D eigenvalue weighted by molar-refractivity contribution is -0.116. The van der Waals surface area contributed by atoms with Crippen molar-refractivity contribution in [1.82, 2.24) is 25.3 Å². The minimum atomic E-state index is -0.131. The van der Waals surface area contributed by atoms with E-state index in [-0.39, 0.29) is 18.1 Å². The summed E-state index contributed by atoms with van der Waals surface area (Å²) in [7, 11) is 0. The maximum absolute atomic E-state index is 12.2. The molecule has 0 unspecified atom stereocenters. The zero-order valence-corrected chi connectivity index (χ0v) is 19.7. The molecule has 1 saturated heterocycles. The number of hydrogen-bond donors (Lipinski definition) is 2. The van der Waals surface area contributed by atoms with E-state index in [9.17, 15) is 4.79 Å². The number of carbonyl (C=O) groups is 1. The van der Waals surface area contributed by atoms with E-state index in [0.717, 1.165) is 48.5 Å². The van der Waals surface area contributed by atoms with Gasteiger partial charge < -0.3 is 24.7 Å². The van der Waals surface area contributed by atoms with E-state index in [1.54, 1.807) is 24.8 Å². The first kappa shape index (κ1) is 23.7. The summed E-state index contributed by atoms with van der Waals surface area (Å²) in [5, 5.41) is 2.89. The molecule has 0 aliphatic carbocycles. The third-order valence-corrected chi connectivity index (χ3v) is 5.69. The van der Waals surface area contributed by atoms with Crippen LogP contribution in [0.1, 0.15) is 38.7 Å². The number of anilines is 1. The number of nitrogens with zero attached hydrogens (tertiary/aromatic N) is 4. The van der Waals surface area contributed by atoms with Gasteiger partial charge in [0.05, 0.1) is 18.5 Å². The second-order valence-corrected chi connectivity index (χ2v) is 8.53. The molecule has 3 aromatic rings. The lowest BCUT2D eigenvalue weighted by Gasteiger charge is -2.26. The molecule has 3 heterocycles. The van der Waals surface area contributed by atoms with Crippen LogP contribution in [0, 0.1) is 0 Å². The van der Waals surface area contributed by atoms with E-state index in [4.69, 9.17) is 9.47 Å². The summed E-state index contributed by atoms with van der Waals surface area (Å²) in [6, 6.07) is 7.94. The largest absolute Gasteiger partial charge is 0.491 e. The van der Waals surface area contributed by atoms with Gasteiger partial charge in [0, 0.05) is 31.3 Å². The van der Waals surface area contributed by atoms with Crippen LogP contribution in [0.5, 0.6) is 5.75 Å². The van der Waals surface area contributed by atoms with Crippen molar-refractivity contribution in [3.8, 4) is 5.75 Å². The predicted molar refractivity (Wildman–Crippen MR) is 132 cm³/mol. The Morgan fingerprint density at radius 1 is 1.29 bits per heavy atom. The number of carbonyl (C=O) groups excluding carboxylic acids is 1. The number of imidazole rings is 1. The van der Waals surface area contributed by atoms with Crippen LogP contribution in [0.2, 0.25) is 0 Å². The van der Waals surface area contributed by atoms with Crippen molar-refractivity contribution in [1.29, 1.82) is 0 Å². The van der Waals surface area contributed by atoms with Gasteiger partial charge in [-0.3, -0.25) is 4.79 Å². The van der Waals surface area contributed by atoms with E-state index in [0.29, 0.717) is 25.4 Å². The fraction of sp³-hybridized carbons (Fsp3) is 0.440. The van der Waals surface area contributed by atoms with Gasteiger partial charge >= 0.3 is 0 Å². The van der Waals surface area contributed by atoms with Crippen molar-refractivity contribution in [2.45, 2.75) is 45.3 Å². The van der Waals surface area contributed by atoms with Gasteiger partial charge in [-0.25, -0.2) is 15.0 Å². The van der Waals surface area contributed by atoms with E-state index in [2.05, 4.69) is 30.2 Å². The van der Waals surface area contributed by atoms with E-state index in [1.807, 2.05) is 38.1 Å². The zero-order valence-electron chi connectivity index (χ0n) is 19.7. The molecule has 2 N–H and O–H groups in total. The maximum Gasteiger partial charge on any atom is 0.244 e. The highest BCUT2D eigenvalue weighted by atomic mass is 16.5. The summed E-state index contributed by atoms with van der Waals surface area (Å²) in [6.45, 7) is 6.64. The Labute approximate surface area is 199 Å². The SMILES string of the molecule is CC(C)OCCCNC(=O)/C=C/c1ccccc1OC[C@H]1CCCN1c1ncnc2nc[nH]c12. The number of para-hydroxylation sites is 1. The first-order valence-corrected chi connectivity index (χ1v) is 11.8. The van der Waals surface area contributed by atoms with Crippen LogP contribution in [0.25, 0.3) is 17.2 Å². The molecule has 1 atom stereocenters. The molecule has 0 saturated carbocycles. The van der Waals surface area contributed by atoms with Gasteiger partial charge in [0.2, 0.25) is 5.91 Å². The van der Waals surface area contributed by atoms with Crippen LogP contribution in [0.15, 0.2) is 43.0 Å². The Kier molecular flexibility index (Phi) is 8.08. The number of amides is 1. The highest BCUT2D eigenvalue weighted by Gasteiger charge is 2.28. The minimum absolute atomic E-state index is 0.131. The van der Waals surface area contributed by atoms with E-state index >= 15 is 0 Å². The van der Waals surface area contributed by atoms with Gasteiger partial charge in [-0.05, 0) is 45.3 Å². The number of benzene rings is 1. The smallest absolute Gasteiger partial charge is 0.244 e. The van der Waals surface area contributed by atoms with Gasteiger partial charge in [-0.2, -0.15) is 0 Å². The molecule has 180 valence electrons. The Balaban J connectivity index is 1.34. The molecule has 34 heavy (non-hydrogen) atoms. The number of rotatable bonds is 11. The van der Waals surface area contributed by atoms with E-state index in [1.165, 1.54) is 0 Å². The van der Waals surface area contributed by atoms with Crippen LogP contribution >= 0.6 is 0 Å². The summed E-state index contributed by atoms with van der Waals surface area (Å²) in [5.74, 6) is 1.48. The maximum atomic E-state index is 12.2. The van der Waals surface area contributed by atoms with Crippen LogP contribution in [-0.4, -0.2) is 64.3 Å². The monoisotopic (exact) mass is 464 g/mol. The zero-order chi connectivity index (χ0) is 23.8. The van der Waals surface area contributed by atoms with Crippen molar-refractivity contribution < 1.29 is 14.3 Å². The topological polar surface area (TPSA) is 105 Å². The normalized spacial score (nSPS) is 16.1. The molecule has 0 spiro atoms. The fourth-order valence-corrected chi connectivity index (χ4v) is 4.02. The van der Waals surface area contributed by atoms with Crippen LogP contribution < -0.4 is 15.0 Å². The molecule has 4 rings (SSSR count). The van der Waals surface area contributed by atoms with Crippen LogP contribution in [-0.2, 0) is 9.53 Å². The quantitative estimate of drug-likeness (QED) is 0.331. The lowest BCUT2D eigenvalue weighted by Crippen LogP contribution is -2.35. The summed E-state index contributed by atoms with van der Waals surface area (Å²) in [6.07, 6.45) is 9.60. The summed E-state index contributed by atoms with van der Waals surface area (Å²) in [5.41, 5.74) is 2.38. The predicted octanol–water partition coefficient (Wildman–Crippen LogP) is 3.35. The molecule has 9 heteroatoms. The number of fused-ring (bicyclic) bond motifs is 1. The minimum Gasteiger partial charge on any atom is -0.491 e.